The Morgan fingerprint density at radius 3 is 2.39 bits per heavy atom. The Balaban J connectivity index is 1.86. The van der Waals surface area contributed by atoms with Crippen LogP contribution in [0.1, 0.15) is 61.5 Å². The number of benzene rings is 2. The number of fused-ring (bicyclic) bond motifs is 3. The van der Waals surface area contributed by atoms with Crippen molar-refractivity contribution in [1.82, 2.24) is 10.3 Å². The van der Waals surface area contributed by atoms with Gasteiger partial charge in [0.25, 0.3) is 0 Å². The maximum Gasteiger partial charge on any atom is 0.323 e. The molecular weight excluding hydrogens is 569 g/mol. The summed E-state index contributed by atoms with van der Waals surface area (Å²) in [5.41, 5.74) is 7.02. The number of aliphatic carboxylic acids is 2. The summed E-state index contributed by atoms with van der Waals surface area (Å²) >= 11 is 0. The first-order valence-electron chi connectivity index (χ1n) is 14.4. The number of halogens is 1. The second-order valence-electron chi connectivity index (χ2n) is 11.1. The third kappa shape index (κ3) is 8.06. The van der Waals surface area contributed by atoms with Crippen LogP contribution in [-0.4, -0.2) is 62.1 Å². The van der Waals surface area contributed by atoms with Gasteiger partial charge in [-0.2, -0.15) is 0 Å². The van der Waals surface area contributed by atoms with Crippen molar-refractivity contribution in [3.8, 4) is 22.3 Å². The van der Waals surface area contributed by atoms with Crippen LogP contribution in [0.25, 0.3) is 28.3 Å². The van der Waals surface area contributed by atoms with E-state index in [0.29, 0.717) is 24.1 Å². The molecule has 0 unspecified atom stereocenters. The molecule has 2 atom stereocenters. The van der Waals surface area contributed by atoms with Gasteiger partial charge in [-0.3, -0.25) is 14.6 Å². The van der Waals surface area contributed by atoms with Crippen LogP contribution in [0.5, 0.6) is 0 Å². The van der Waals surface area contributed by atoms with Gasteiger partial charge in [0.15, 0.2) is 0 Å². The van der Waals surface area contributed by atoms with Crippen molar-refractivity contribution in [1.29, 1.82) is 0 Å². The van der Waals surface area contributed by atoms with E-state index in [9.17, 15) is 29.0 Å². The molecule has 0 radical (unpaired) electrons. The molecule has 0 fully saturated rings. The highest BCUT2D eigenvalue weighted by Gasteiger charge is 2.26. The molecule has 10 nitrogen and oxygen atoms in total. The third-order valence-electron chi connectivity index (χ3n) is 7.32. The standard InChI is InChI=1S/C33H36FN3O7/c1-18(2)32-26(13-11-23(38)15-24(39)16-28(40)41)30(19-6-8-21(34)9-7-19)31-25-12-10-22(36-33(44)35-17-29(42)43)14-20(25)4-3-5-27(31)37-32/h6-14,18,23-24,38-39H,3-5,15-17H2,1-2H3,(H,40,41)(H,42,43)(H2,35,36,44)/b13-11+/t23-,24-/m1/s1. The fourth-order valence-corrected chi connectivity index (χ4v) is 5.41. The molecule has 232 valence electrons. The topological polar surface area (TPSA) is 169 Å². The molecular formula is C33H36FN3O7. The van der Waals surface area contributed by atoms with Gasteiger partial charge in [0, 0.05) is 34.5 Å². The molecule has 2 amide bonds. The molecule has 1 heterocycles. The zero-order valence-electron chi connectivity index (χ0n) is 24.5. The maximum absolute atomic E-state index is 14.1. The number of amides is 2. The largest absolute Gasteiger partial charge is 0.481 e. The highest BCUT2D eigenvalue weighted by Crippen LogP contribution is 2.44. The minimum Gasteiger partial charge on any atom is -0.481 e. The molecule has 1 aliphatic rings. The molecule has 1 aliphatic carbocycles. The minimum atomic E-state index is -1.22. The first kappa shape index (κ1) is 32.3. The lowest BCUT2D eigenvalue weighted by Gasteiger charge is -2.23. The van der Waals surface area contributed by atoms with Crippen molar-refractivity contribution >= 4 is 29.7 Å². The van der Waals surface area contributed by atoms with E-state index in [1.165, 1.54) is 18.2 Å². The SMILES string of the molecule is CC(C)c1nc2c(c(-c3ccc(F)cc3)c1/C=C/[C@@H](O)C[C@@H](O)CC(=O)O)-c1ccc(NC(=O)NCC(=O)O)cc1CCC2. The molecule has 2 aromatic carbocycles. The fraction of sp³-hybridized carbons (Fsp3) is 0.333. The van der Waals surface area contributed by atoms with Crippen LogP contribution in [0.4, 0.5) is 14.9 Å². The van der Waals surface area contributed by atoms with Gasteiger partial charge in [0.05, 0.1) is 24.3 Å². The van der Waals surface area contributed by atoms with Crippen molar-refractivity contribution in [2.24, 2.45) is 0 Å². The van der Waals surface area contributed by atoms with Crippen LogP contribution >= 0.6 is 0 Å². The molecule has 1 aromatic heterocycles. The molecule has 0 spiro atoms. The fourth-order valence-electron chi connectivity index (χ4n) is 5.41. The highest BCUT2D eigenvalue weighted by atomic mass is 19.1. The number of aromatic nitrogens is 1. The van der Waals surface area contributed by atoms with E-state index in [2.05, 4.69) is 10.6 Å². The number of carboxylic acid groups (broad SMARTS) is 2. The van der Waals surface area contributed by atoms with Crippen molar-refractivity contribution in [2.45, 2.75) is 64.1 Å². The van der Waals surface area contributed by atoms with E-state index in [1.54, 1.807) is 24.3 Å². The zero-order valence-corrected chi connectivity index (χ0v) is 24.5. The summed E-state index contributed by atoms with van der Waals surface area (Å²) in [7, 11) is 0. The number of hydrogen-bond acceptors (Lipinski definition) is 6. The monoisotopic (exact) mass is 605 g/mol. The third-order valence-corrected chi connectivity index (χ3v) is 7.32. The minimum absolute atomic E-state index is 0.0208. The Kier molecular flexibility index (Phi) is 10.5. The van der Waals surface area contributed by atoms with E-state index >= 15 is 0 Å². The molecule has 0 saturated heterocycles. The Morgan fingerprint density at radius 2 is 1.73 bits per heavy atom. The summed E-state index contributed by atoms with van der Waals surface area (Å²) < 4.78 is 14.1. The molecule has 4 rings (SSSR count). The molecule has 6 N–H and O–H groups in total. The van der Waals surface area contributed by atoms with Gasteiger partial charge < -0.3 is 31.1 Å². The van der Waals surface area contributed by atoms with Gasteiger partial charge in [0.2, 0.25) is 0 Å². The quantitative estimate of drug-likeness (QED) is 0.178. The number of nitrogens with zero attached hydrogens (tertiary/aromatic N) is 1. The van der Waals surface area contributed by atoms with E-state index in [4.69, 9.17) is 15.2 Å². The summed E-state index contributed by atoms with van der Waals surface area (Å²) in [6.45, 7) is 3.50. The second-order valence-corrected chi connectivity index (χ2v) is 11.1. The number of aliphatic hydroxyl groups excluding tert-OH is 2. The maximum atomic E-state index is 14.1. The summed E-state index contributed by atoms with van der Waals surface area (Å²) in [5, 5.41) is 43.4. The number of aliphatic hydroxyl groups is 2. The summed E-state index contributed by atoms with van der Waals surface area (Å²) in [5.74, 6) is -2.74. The van der Waals surface area contributed by atoms with E-state index in [-0.39, 0.29) is 12.3 Å². The Hall–Kier alpha value is -4.61. The molecule has 0 bridgehead atoms. The smallest absolute Gasteiger partial charge is 0.323 e. The number of aryl methyl sites for hydroxylation is 2. The highest BCUT2D eigenvalue weighted by molar-refractivity contribution is 5.95. The molecule has 0 aliphatic heterocycles. The number of urea groups is 1. The Labute approximate surface area is 254 Å². The predicted octanol–water partition coefficient (Wildman–Crippen LogP) is 4.97. The number of anilines is 1. The van der Waals surface area contributed by atoms with Crippen LogP contribution < -0.4 is 10.6 Å². The number of carbonyl (C=O) groups excluding carboxylic acids is 1. The van der Waals surface area contributed by atoms with E-state index in [1.807, 2.05) is 26.0 Å². The van der Waals surface area contributed by atoms with Gasteiger partial charge in [-0.25, -0.2) is 9.18 Å². The van der Waals surface area contributed by atoms with Crippen molar-refractivity contribution in [2.75, 3.05) is 11.9 Å². The Morgan fingerprint density at radius 1 is 1.00 bits per heavy atom. The van der Waals surface area contributed by atoms with Gasteiger partial charge in [-0.1, -0.05) is 44.2 Å². The van der Waals surface area contributed by atoms with Crippen LogP contribution in [0.2, 0.25) is 0 Å². The van der Waals surface area contributed by atoms with Gasteiger partial charge in [-0.15, -0.1) is 0 Å². The average Bonchev–Trinajstić information content (AvgIpc) is 3.13. The van der Waals surface area contributed by atoms with Gasteiger partial charge in [0.1, 0.15) is 12.4 Å². The summed E-state index contributed by atoms with van der Waals surface area (Å²) in [4.78, 5) is 39.1. The van der Waals surface area contributed by atoms with Crippen LogP contribution in [0.3, 0.4) is 0 Å². The second kappa shape index (κ2) is 14.2. The van der Waals surface area contributed by atoms with Crippen LogP contribution in [0.15, 0.2) is 48.5 Å². The lowest BCUT2D eigenvalue weighted by atomic mass is 9.85. The summed E-state index contributed by atoms with van der Waals surface area (Å²) in [6, 6.07) is 10.9. The lowest BCUT2D eigenvalue weighted by Crippen LogP contribution is -2.33. The first-order chi connectivity index (χ1) is 20.9. The van der Waals surface area contributed by atoms with E-state index in [0.717, 1.165) is 45.6 Å². The molecule has 44 heavy (non-hydrogen) atoms. The number of hydrogen-bond donors (Lipinski definition) is 6. The molecule has 11 heteroatoms. The first-order valence-corrected chi connectivity index (χ1v) is 14.4. The normalized spacial score (nSPS) is 14.0. The number of carboxylic acids is 2. The average molecular weight is 606 g/mol. The molecule has 0 saturated carbocycles. The van der Waals surface area contributed by atoms with Crippen LogP contribution in [0, 0.1) is 5.82 Å². The van der Waals surface area contributed by atoms with E-state index < -0.39 is 49.0 Å². The van der Waals surface area contributed by atoms with Gasteiger partial charge in [-0.05, 0) is 66.1 Å². The zero-order chi connectivity index (χ0) is 32.0. The number of rotatable bonds is 11. The predicted molar refractivity (Wildman–Crippen MR) is 164 cm³/mol. The lowest BCUT2D eigenvalue weighted by molar-refractivity contribution is -0.139. The van der Waals surface area contributed by atoms with Crippen molar-refractivity contribution in [3.63, 3.8) is 0 Å². The van der Waals surface area contributed by atoms with Crippen molar-refractivity contribution in [3.05, 3.63) is 76.9 Å². The Bertz CT molecular complexity index is 1570. The summed E-state index contributed by atoms with van der Waals surface area (Å²) in [6.07, 6.45) is 2.35. The van der Waals surface area contributed by atoms with Crippen LogP contribution in [-0.2, 0) is 22.4 Å². The number of nitrogens with one attached hydrogen (secondary N) is 2. The van der Waals surface area contributed by atoms with Gasteiger partial charge >= 0.3 is 18.0 Å². The number of pyridine rings is 1. The molecule has 3 aromatic rings. The van der Waals surface area contributed by atoms with Crippen molar-refractivity contribution < 1.29 is 39.2 Å². The number of carbonyl (C=O) groups is 3.